The van der Waals surface area contributed by atoms with Gasteiger partial charge in [0.2, 0.25) is 6.79 Å². The van der Waals surface area contributed by atoms with E-state index >= 15 is 0 Å². The van der Waals surface area contributed by atoms with Gasteiger partial charge in [-0.2, -0.15) is 0 Å². The van der Waals surface area contributed by atoms with Crippen LogP contribution in [0.1, 0.15) is 25.3 Å². The molecule has 2 saturated heterocycles. The van der Waals surface area contributed by atoms with Crippen LogP contribution in [0.5, 0.6) is 11.5 Å². The Morgan fingerprint density at radius 3 is 2.70 bits per heavy atom. The highest BCUT2D eigenvalue weighted by Crippen LogP contribution is 2.33. The average molecular weight is 374 g/mol. The summed E-state index contributed by atoms with van der Waals surface area (Å²) >= 11 is 0. The highest BCUT2D eigenvalue weighted by molar-refractivity contribution is 6.07. The molecule has 0 unspecified atom stereocenters. The van der Waals surface area contributed by atoms with Gasteiger partial charge in [-0.1, -0.05) is 6.07 Å². The molecule has 3 aliphatic rings. The van der Waals surface area contributed by atoms with Gasteiger partial charge in [0.15, 0.2) is 11.5 Å². The first-order chi connectivity index (χ1) is 13.0. The third kappa shape index (κ3) is 3.24. The number of hydrogen-bond acceptors (Lipinski definition) is 5. The van der Waals surface area contributed by atoms with E-state index in [0.29, 0.717) is 44.0 Å². The Labute approximate surface area is 156 Å². The van der Waals surface area contributed by atoms with Crippen molar-refractivity contribution in [1.29, 1.82) is 0 Å². The van der Waals surface area contributed by atoms with Crippen molar-refractivity contribution in [2.45, 2.75) is 31.8 Å². The molecule has 0 saturated carbocycles. The predicted molar refractivity (Wildman–Crippen MR) is 94.2 cm³/mol. The fraction of sp³-hybridized carbons (Fsp3) is 0.500. The molecule has 0 radical (unpaired) electrons. The quantitative estimate of drug-likeness (QED) is 0.682. The molecule has 2 fully saturated rings. The number of carbonyl (C=O) groups excluding carboxylic acids is 3. The summed E-state index contributed by atoms with van der Waals surface area (Å²) in [4.78, 5) is 37.7. The normalized spacial score (nSPS) is 24.6. The van der Waals surface area contributed by atoms with Crippen molar-refractivity contribution in [3.63, 3.8) is 0 Å². The summed E-state index contributed by atoms with van der Waals surface area (Å²) in [6.07, 6.45) is 1.31. The van der Waals surface area contributed by atoms with Crippen molar-refractivity contribution in [1.82, 2.24) is 20.9 Å². The first-order valence-electron chi connectivity index (χ1n) is 9.00. The van der Waals surface area contributed by atoms with E-state index in [1.54, 1.807) is 11.8 Å². The van der Waals surface area contributed by atoms with E-state index in [9.17, 15) is 14.4 Å². The number of benzene rings is 1. The lowest BCUT2D eigenvalue weighted by Crippen LogP contribution is -2.55. The minimum atomic E-state index is -0.897. The molecule has 3 heterocycles. The molecule has 27 heavy (non-hydrogen) atoms. The molecule has 1 atom stereocenters. The van der Waals surface area contributed by atoms with Crippen LogP contribution in [0.15, 0.2) is 18.2 Å². The number of fused-ring (bicyclic) bond motifs is 1. The predicted octanol–water partition coefficient (Wildman–Crippen LogP) is 0.935. The zero-order valence-electron chi connectivity index (χ0n) is 15.0. The number of carbonyl (C=O) groups is 3. The lowest BCUT2D eigenvalue weighted by molar-refractivity contribution is -0.125. The van der Waals surface area contributed by atoms with Gasteiger partial charge in [-0.05, 0) is 43.4 Å². The molecule has 4 rings (SSSR count). The summed E-state index contributed by atoms with van der Waals surface area (Å²) in [6, 6.07) is 4.98. The van der Waals surface area contributed by atoms with Crippen molar-refractivity contribution >= 4 is 18.0 Å². The molecule has 1 aromatic rings. The van der Waals surface area contributed by atoms with Crippen LogP contribution in [0.4, 0.5) is 9.59 Å². The highest BCUT2D eigenvalue weighted by Gasteiger charge is 2.48. The molecule has 144 valence electrons. The molecule has 0 aliphatic carbocycles. The van der Waals surface area contributed by atoms with E-state index in [1.165, 1.54) is 0 Å². The molecular formula is C18H22N4O5. The number of nitrogens with one attached hydrogen (secondary N) is 3. The molecule has 3 aliphatic heterocycles. The Hall–Kier alpha value is -2.97. The second-order valence-corrected chi connectivity index (χ2v) is 7.22. The van der Waals surface area contributed by atoms with Crippen LogP contribution < -0.4 is 25.4 Å². The van der Waals surface area contributed by atoms with Gasteiger partial charge in [0.1, 0.15) is 5.54 Å². The van der Waals surface area contributed by atoms with Crippen molar-refractivity contribution < 1.29 is 23.9 Å². The fourth-order valence-corrected chi connectivity index (χ4v) is 3.84. The fourth-order valence-electron chi connectivity index (χ4n) is 3.84. The second kappa shape index (κ2) is 6.64. The van der Waals surface area contributed by atoms with Crippen LogP contribution in [0.3, 0.4) is 0 Å². The van der Waals surface area contributed by atoms with Crippen molar-refractivity contribution in [2.24, 2.45) is 5.92 Å². The summed E-state index contributed by atoms with van der Waals surface area (Å²) in [5.74, 6) is 1.11. The number of nitrogens with zero attached hydrogens (tertiary/aromatic N) is 1. The van der Waals surface area contributed by atoms with E-state index in [2.05, 4.69) is 16.0 Å². The summed E-state index contributed by atoms with van der Waals surface area (Å²) in [7, 11) is 0. The van der Waals surface area contributed by atoms with Gasteiger partial charge in [0.05, 0.1) is 0 Å². The van der Waals surface area contributed by atoms with E-state index < -0.39 is 11.6 Å². The molecule has 9 nitrogen and oxygen atoms in total. The molecule has 3 N–H and O–H groups in total. The number of ether oxygens (including phenoxy) is 2. The summed E-state index contributed by atoms with van der Waals surface area (Å²) in [5.41, 5.74) is 0.0342. The first-order valence-corrected chi connectivity index (χ1v) is 9.00. The van der Waals surface area contributed by atoms with Crippen LogP contribution in [0.25, 0.3) is 0 Å². The number of piperidine rings is 1. The zero-order chi connectivity index (χ0) is 19.0. The minimum Gasteiger partial charge on any atom is -0.454 e. The molecule has 0 bridgehead atoms. The maximum atomic E-state index is 12.4. The molecule has 5 amide bonds. The summed E-state index contributed by atoms with van der Waals surface area (Å²) < 4.78 is 10.6. The maximum absolute atomic E-state index is 12.4. The Bertz CT molecular complexity index is 790. The Kier molecular flexibility index (Phi) is 4.29. The number of imide groups is 1. The average Bonchev–Trinajstić information content (AvgIpc) is 3.23. The van der Waals surface area contributed by atoms with Crippen LogP contribution >= 0.6 is 0 Å². The smallest absolute Gasteiger partial charge is 0.322 e. The Balaban J connectivity index is 1.29. The third-order valence-corrected chi connectivity index (χ3v) is 5.55. The van der Waals surface area contributed by atoms with E-state index in [-0.39, 0.29) is 24.6 Å². The first kappa shape index (κ1) is 17.4. The number of rotatable bonds is 3. The molecule has 9 heteroatoms. The van der Waals surface area contributed by atoms with Gasteiger partial charge in [-0.15, -0.1) is 0 Å². The Morgan fingerprint density at radius 2 is 2.00 bits per heavy atom. The van der Waals surface area contributed by atoms with Crippen LogP contribution in [-0.4, -0.2) is 48.3 Å². The standard InChI is InChI=1S/C18H22N4O5/c1-18(15(23)20-16(24)21-18)12-4-6-22(7-5-12)17(25)19-9-11-2-3-13-14(8-11)27-10-26-13/h2-3,8,12H,4-7,9-10H2,1H3,(H,19,25)(H2,20,21,23,24)/t18-/m1/s1. The minimum absolute atomic E-state index is 0.00172. The maximum Gasteiger partial charge on any atom is 0.322 e. The lowest BCUT2D eigenvalue weighted by atomic mass is 9.79. The number of urea groups is 2. The van der Waals surface area contributed by atoms with Gasteiger partial charge < -0.3 is 25.0 Å². The summed E-state index contributed by atoms with van der Waals surface area (Å²) in [6.45, 7) is 3.43. The van der Waals surface area contributed by atoms with Crippen molar-refractivity contribution in [3.8, 4) is 11.5 Å². The van der Waals surface area contributed by atoms with Crippen LogP contribution in [0, 0.1) is 5.92 Å². The third-order valence-electron chi connectivity index (χ3n) is 5.55. The Morgan fingerprint density at radius 1 is 1.26 bits per heavy atom. The molecule has 1 aromatic carbocycles. The van der Waals surface area contributed by atoms with Crippen LogP contribution in [-0.2, 0) is 11.3 Å². The largest absolute Gasteiger partial charge is 0.454 e. The van der Waals surface area contributed by atoms with E-state index in [0.717, 1.165) is 5.56 Å². The SMILES string of the molecule is C[C@]1(C2CCN(C(=O)NCc3ccc4c(c3)OCO4)CC2)NC(=O)NC1=O. The topological polar surface area (TPSA) is 109 Å². The monoisotopic (exact) mass is 374 g/mol. The molecule has 0 spiro atoms. The van der Waals surface area contributed by atoms with Gasteiger partial charge in [-0.25, -0.2) is 9.59 Å². The van der Waals surface area contributed by atoms with Crippen LogP contribution in [0.2, 0.25) is 0 Å². The van der Waals surface area contributed by atoms with Gasteiger partial charge >= 0.3 is 12.1 Å². The number of amides is 5. The van der Waals surface area contributed by atoms with Gasteiger partial charge in [0.25, 0.3) is 5.91 Å². The van der Waals surface area contributed by atoms with Gasteiger partial charge in [-0.3, -0.25) is 10.1 Å². The van der Waals surface area contributed by atoms with Crippen molar-refractivity contribution in [2.75, 3.05) is 19.9 Å². The summed E-state index contributed by atoms with van der Waals surface area (Å²) in [5, 5.41) is 7.93. The highest BCUT2D eigenvalue weighted by atomic mass is 16.7. The lowest BCUT2D eigenvalue weighted by Gasteiger charge is -2.38. The number of likely N-dealkylation sites (tertiary alicyclic amines) is 1. The van der Waals surface area contributed by atoms with E-state index in [1.807, 2.05) is 18.2 Å². The molecular weight excluding hydrogens is 352 g/mol. The zero-order valence-corrected chi connectivity index (χ0v) is 15.0. The van der Waals surface area contributed by atoms with Gasteiger partial charge in [0, 0.05) is 19.6 Å². The van der Waals surface area contributed by atoms with Crippen molar-refractivity contribution in [3.05, 3.63) is 23.8 Å². The number of hydrogen-bond donors (Lipinski definition) is 3. The second-order valence-electron chi connectivity index (χ2n) is 7.22. The van der Waals surface area contributed by atoms with E-state index in [4.69, 9.17) is 9.47 Å². The molecule has 0 aromatic heterocycles.